The standard InChI is InChI=1S/C11H17ClN2O2/c1-8-5-9(13-16-8)6-14(4)10(15)11(2,3)7-12/h5H,6-7H2,1-4H3. The summed E-state index contributed by atoms with van der Waals surface area (Å²) in [5.74, 6) is 1.05. The molecule has 1 aromatic rings. The van der Waals surface area contributed by atoms with Crippen molar-refractivity contribution in [2.45, 2.75) is 27.3 Å². The Kier molecular flexibility index (Phi) is 3.97. The second-order valence-corrected chi connectivity index (χ2v) is 4.87. The van der Waals surface area contributed by atoms with E-state index in [2.05, 4.69) is 5.16 Å². The molecule has 0 fully saturated rings. The van der Waals surface area contributed by atoms with E-state index in [1.165, 1.54) is 0 Å². The number of rotatable bonds is 4. The summed E-state index contributed by atoms with van der Waals surface area (Å²) in [6.45, 7) is 5.91. The molecule has 0 unspecified atom stereocenters. The van der Waals surface area contributed by atoms with Crippen molar-refractivity contribution in [3.8, 4) is 0 Å². The molecule has 1 rings (SSSR count). The lowest BCUT2D eigenvalue weighted by molar-refractivity contribution is -0.138. The number of hydrogen-bond acceptors (Lipinski definition) is 3. The number of carbonyl (C=O) groups is 1. The van der Waals surface area contributed by atoms with Gasteiger partial charge in [0.2, 0.25) is 5.91 Å². The summed E-state index contributed by atoms with van der Waals surface area (Å²) < 4.78 is 4.94. The van der Waals surface area contributed by atoms with Gasteiger partial charge in [0, 0.05) is 19.0 Å². The van der Waals surface area contributed by atoms with Gasteiger partial charge in [0.05, 0.1) is 12.0 Å². The van der Waals surface area contributed by atoms with E-state index in [-0.39, 0.29) is 5.91 Å². The summed E-state index contributed by atoms with van der Waals surface area (Å²) >= 11 is 5.76. The molecule has 0 bridgehead atoms. The third-order valence-corrected chi connectivity index (χ3v) is 3.00. The van der Waals surface area contributed by atoms with Gasteiger partial charge in [0.1, 0.15) is 11.5 Å². The largest absolute Gasteiger partial charge is 0.361 e. The average molecular weight is 245 g/mol. The Morgan fingerprint density at radius 3 is 2.69 bits per heavy atom. The number of aryl methyl sites for hydroxylation is 1. The fourth-order valence-corrected chi connectivity index (χ4v) is 1.50. The van der Waals surface area contributed by atoms with Crippen molar-refractivity contribution in [1.82, 2.24) is 10.1 Å². The molecule has 1 heterocycles. The van der Waals surface area contributed by atoms with Crippen LogP contribution in [0.2, 0.25) is 0 Å². The number of nitrogens with zero attached hydrogens (tertiary/aromatic N) is 2. The molecule has 0 spiro atoms. The van der Waals surface area contributed by atoms with Gasteiger partial charge in [0.15, 0.2) is 0 Å². The average Bonchev–Trinajstić information content (AvgIpc) is 2.62. The minimum atomic E-state index is -0.547. The topological polar surface area (TPSA) is 46.3 Å². The van der Waals surface area contributed by atoms with Crippen LogP contribution in [0.3, 0.4) is 0 Å². The molecular formula is C11H17ClN2O2. The summed E-state index contributed by atoms with van der Waals surface area (Å²) in [6, 6.07) is 1.82. The normalized spacial score (nSPS) is 11.6. The van der Waals surface area contributed by atoms with E-state index >= 15 is 0 Å². The number of hydrogen-bond donors (Lipinski definition) is 0. The predicted molar refractivity (Wildman–Crippen MR) is 62.2 cm³/mol. The van der Waals surface area contributed by atoms with Crippen molar-refractivity contribution in [2.75, 3.05) is 12.9 Å². The molecule has 0 aliphatic heterocycles. The first-order valence-electron chi connectivity index (χ1n) is 5.10. The highest BCUT2D eigenvalue weighted by molar-refractivity contribution is 6.19. The highest BCUT2D eigenvalue weighted by atomic mass is 35.5. The van der Waals surface area contributed by atoms with Crippen molar-refractivity contribution in [3.63, 3.8) is 0 Å². The van der Waals surface area contributed by atoms with Gasteiger partial charge in [-0.25, -0.2) is 0 Å². The van der Waals surface area contributed by atoms with Gasteiger partial charge in [-0.2, -0.15) is 0 Å². The van der Waals surface area contributed by atoms with Gasteiger partial charge in [-0.3, -0.25) is 4.79 Å². The lowest BCUT2D eigenvalue weighted by Gasteiger charge is -2.26. The number of amides is 1. The molecule has 0 radical (unpaired) electrons. The molecule has 0 N–H and O–H groups in total. The lowest BCUT2D eigenvalue weighted by Crippen LogP contribution is -2.39. The van der Waals surface area contributed by atoms with Crippen LogP contribution in [0.15, 0.2) is 10.6 Å². The molecule has 16 heavy (non-hydrogen) atoms. The first-order chi connectivity index (χ1) is 7.36. The molecule has 0 aromatic carbocycles. The fraction of sp³-hybridized carbons (Fsp3) is 0.636. The van der Waals surface area contributed by atoms with Crippen LogP contribution in [0, 0.1) is 12.3 Å². The number of alkyl halides is 1. The van der Waals surface area contributed by atoms with E-state index in [4.69, 9.17) is 16.1 Å². The van der Waals surface area contributed by atoms with Crippen LogP contribution in [-0.2, 0) is 11.3 Å². The quantitative estimate of drug-likeness (QED) is 0.763. The zero-order chi connectivity index (χ0) is 12.3. The van der Waals surface area contributed by atoms with E-state index < -0.39 is 5.41 Å². The van der Waals surface area contributed by atoms with Crippen molar-refractivity contribution in [2.24, 2.45) is 5.41 Å². The van der Waals surface area contributed by atoms with Gasteiger partial charge < -0.3 is 9.42 Å². The SMILES string of the molecule is Cc1cc(CN(C)C(=O)C(C)(C)CCl)no1. The predicted octanol–water partition coefficient (Wildman–Crippen LogP) is 2.21. The molecule has 0 aliphatic carbocycles. The molecule has 0 saturated carbocycles. The third-order valence-electron chi connectivity index (χ3n) is 2.34. The van der Waals surface area contributed by atoms with E-state index in [0.717, 1.165) is 11.5 Å². The number of halogens is 1. The summed E-state index contributed by atoms with van der Waals surface area (Å²) in [6.07, 6.45) is 0. The first kappa shape index (κ1) is 13.0. The summed E-state index contributed by atoms with van der Waals surface area (Å²) in [5, 5.41) is 3.84. The zero-order valence-electron chi connectivity index (χ0n) is 10.1. The minimum Gasteiger partial charge on any atom is -0.361 e. The summed E-state index contributed by atoms with van der Waals surface area (Å²) in [7, 11) is 1.74. The summed E-state index contributed by atoms with van der Waals surface area (Å²) in [5.41, 5.74) is 0.202. The van der Waals surface area contributed by atoms with Crippen LogP contribution in [0.5, 0.6) is 0 Å². The summed E-state index contributed by atoms with van der Waals surface area (Å²) in [4.78, 5) is 13.6. The maximum Gasteiger partial charge on any atom is 0.229 e. The number of aromatic nitrogens is 1. The minimum absolute atomic E-state index is 0.00292. The van der Waals surface area contributed by atoms with Crippen LogP contribution < -0.4 is 0 Å². The van der Waals surface area contributed by atoms with Gasteiger partial charge in [-0.1, -0.05) is 5.16 Å². The van der Waals surface area contributed by atoms with Gasteiger partial charge in [-0.05, 0) is 20.8 Å². The van der Waals surface area contributed by atoms with Crippen molar-refractivity contribution in [3.05, 3.63) is 17.5 Å². The fourth-order valence-electron chi connectivity index (χ4n) is 1.38. The Hall–Kier alpha value is -1.03. The Morgan fingerprint density at radius 2 is 2.25 bits per heavy atom. The molecule has 0 saturated heterocycles. The van der Waals surface area contributed by atoms with Crippen LogP contribution in [-0.4, -0.2) is 28.9 Å². The molecule has 1 aromatic heterocycles. The van der Waals surface area contributed by atoms with E-state index in [1.807, 2.05) is 26.8 Å². The molecule has 0 aliphatic rings. The number of carbonyl (C=O) groups excluding carboxylic acids is 1. The molecular weight excluding hydrogens is 228 g/mol. The van der Waals surface area contributed by atoms with Crippen LogP contribution >= 0.6 is 11.6 Å². The molecule has 5 heteroatoms. The molecule has 90 valence electrons. The molecule has 0 atom stereocenters. The van der Waals surface area contributed by atoms with Crippen LogP contribution in [0.1, 0.15) is 25.3 Å². The van der Waals surface area contributed by atoms with Gasteiger partial charge in [0.25, 0.3) is 0 Å². The van der Waals surface area contributed by atoms with E-state index in [9.17, 15) is 4.79 Å². The Morgan fingerprint density at radius 1 is 1.62 bits per heavy atom. The van der Waals surface area contributed by atoms with Crippen molar-refractivity contribution >= 4 is 17.5 Å². The second-order valence-electron chi connectivity index (χ2n) is 4.61. The van der Waals surface area contributed by atoms with E-state index in [1.54, 1.807) is 11.9 Å². The maximum absolute atomic E-state index is 12.0. The third kappa shape index (κ3) is 2.98. The van der Waals surface area contributed by atoms with Crippen molar-refractivity contribution in [1.29, 1.82) is 0 Å². The molecule has 1 amide bonds. The van der Waals surface area contributed by atoms with E-state index in [0.29, 0.717) is 12.4 Å². The second kappa shape index (κ2) is 4.87. The highest BCUT2D eigenvalue weighted by Crippen LogP contribution is 2.20. The Balaban J connectivity index is 2.65. The molecule has 4 nitrogen and oxygen atoms in total. The Bertz CT molecular complexity index is 374. The smallest absolute Gasteiger partial charge is 0.229 e. The zero-order valence-corrected chi connectivity index (χ0v) is 10.8. The maximum atomic E-state index is 12.0. The van der Waals surface area contributed by atoms with Gasteiger partial charge in [-0.15, -0.1) is 11.6 Å². The van der Waals surface area contributed by atoms with Gasteiger partial charge >= 0.3 is 0 Å². The lowest BCUT2D eigenvalue weighted by atomic mass is 9.94. The highest BCUT2D eigenvalue weighted by Gasteiger charge is 2.29. The Labute approximate surface area is 101 Å². The first-order valence-corrected chi connectivity index (χ1v) is 5.64. The van der Waals surface area contributed by atoms with Crippen LogP contribution in [0.4, 0.5) is 0 Å². The van der Waals surface area contributed by atoms with Crippen LogP contribution in [0.25, 0.3) is 0 Å². The van der Waals surface area contributed by atoms with Crippen molar-refractivity contribution < 1.29 is 9.32 Å². The monoisotopic (exact) mass is 244 g/mol.